The highest BCUT2D eigenvalue weighted by Gasteiger charge is 2.46. The third-order valence-corrected chi connectivity index (χ3v) is 3.58. The minimum Gasteiger partial charge on any atom is -0.497 e. The molecule has 4 nitrogen and oxygen atoms in total. The van der Waals surface area contributed by atoms with Gasteiger partial charge in [0, 0.05) is 12.1 Å². The number of nitrogens with zero attached hydrogens (tertiary/aromatic N) is 1. The Morgan fingerprint density at radius 1 is 1.18 bits per heavy atom. The molecule has 2 aromatic rings. The Hall–Kier alpha value is -2.56. The van der Waals surface area contributed by atoms with Gasteiger partial charge < -0.3 is 9.47 Å². The van der Waals surface area contributed by atoms with Crippen LogP contribution in [0.2, 0.25) is 0 Å². The molecule has 0 aliphatic carbocycles. The molecule has 1 heterocycles. The zero-order valence-electron chi connectivity index (χ0n) is 12.2. The van der Waals surface area contributed by atoms with Gasteiger partial charge in [-0.2, -0.15) is 4.39 Å². The summed E-state index contributed by atoms with van der Waals surface area (Å²) in [4.78, 5) is 13.3. The van der Waals surface area contributed by atoms with Crippen molar-refractivity contribution >= 4 is 11.8 Å². The van der Waals surface area contributed by atoms with Gasteiger partial charge in [0.05, 0.1) is 13.7 Å². The van der Waals surface area contributed by atoms with Crippen LogP contribution in [-0.2, 0) is 11.2 Å². The first-order valence-electron chi connectivity index (χ1n) is 6.97. The molecule has 0 saturated carbocycles. The van der Waals surface area contributed by atoms with Gasteiger partial charge in [0.15, 0.2) is 0 Å². The largest absolute Gasteiger partial charge is 0.497 e. The molecular formula is C17H16FNO3. The number of methoxy groups -OCH3 is 1. The molecule has 114 valence electrons. The van der Waals surface area contributed by atoms with Gasteiger partial charge in [-0.1, -0.05) is 30.3 Å². The number of cyclic esters (lactones) is 1. The second-order valence-electron chi connectivity index (χ2n) is 5.20. The lowest BCUT2D eigenvalue weighted by molar-refractivity contribution is -0.0562. The first-order valence-corrected chi connectivity index (χ1v) is 6.97. The fraction of sp³-hybridized carbons (Fsp3) is 0.235. The molecular weight excluding hydrogens is 284 g/mol. The Kier molecular flexibility index (Phi) is 3.71. The van der Waals surface area contributed by atoms with E-state index in [9.17, 15) is 9.18 Å². The number of carbonyl (C=O) groups is 1. The van der Waals surface area contributed by atoms with Gasteiger partial charge in [-0.15, -0.1) is 0 Å². The van der Waals surface area contributed by atoms with Crippen LogP contribution in [0.15, 0.2) is 54.6 Å². The molecule has 3 rings (SSSR count). The Balaban J connectivity index is 1.77. The van der Waals surface area contributed by atoms with E-state index in [2.05, 4.69) is 0 Å². The lowest BCUT2D eigenvalue weighted by atomic mass is 10.1. The topological polar surface area (TPSA) is 38.8 Å². The Bertz CT molecular complexity index is 659. The van der Waals surface area contributed by atoms with Crippen molar-refractivity contribution in [2.45, 2.75) is 12.3 Å². The zero-order chi connectivity index (χ0) is 15.6. The minimum atomic E-state index is -2.02. The zero-order valence-corrected chi connectivity index (χ0v) is 12.2. The molecule has 5 heteroatoms. The Labute approximate surface area is 128 Å². The van der Waals surface area contributed by atoms with Crippen LogP contribution in [0, 0.1) is 0 Å². The van der Waals surface area contributed by atoms with Crippen LogP contribution in [0.4, 0.5) is 14.9 Å². The normalized spacial score (nSPS) is 20.8. The Morgan fingerprint density at radius 3 is 2.50 bits per heavy atom. The van der Waals surface area contributed by atoms with Crippen molar-refractivity contribution in [2.24, 2.45) is 0 Å². The average molecular weight is 300 g/mol. The van der Waals surface area contributed by atoms with Crippen LogP contribution < -0.4 is 9.64 Å². The summed E-state index contributed by atoms with van der Waals surface area (Å²) in [7, 11) is 1.56. The van der Waals surface area contributed by atoms with Crippen LogP contribution >= 0.6 is 0 Å². The number of anilines is 1. The average Bonchev–Trinajstić information content (AvgIpc) is 2.83. The number of halogens is 1. The molecule has 22 heavy (non-hydrogen) atoms. The predicted molar refractivity (Wildman–Crippen MR) is 80.8 cm³/mol. The molecule has 0 bridgehead atoms. The van der Waals surface area contributed by atoms with E-state index < -0.39 is 11.9 Å². The number of amides is 1. The van der Waals surface area contributed by atoms with Crippen molar-refractivity contribution in [2.75, 3.05) is 18.6 Å². The van der Waals surface area contributed by atoms with Crippen molar-refractivity contribution in [3.63, 3.8) is 0 Å². The molecule has 0 aromatic heterocycles. The fourth-order valence-electron chi connectivity index (χ4n) is 2.50. The smallest absolute Gasteiger partial charge is 0.417 e. The molecule has 1 saturated heterocycles. The summed E-state index contributed by atoms with van der Waals surface area (Å²) in [5, 5.41) is 0. The molecule has 1 fully saturated rings. The first kappa shape index (κ1) is 14.4. The van der Waals surface area contributed by atoms with Crippen LogP contribution in [0.25, 0.3) is 0 Å². The van der Waals surface area contributed by atoms with Gasteiger partial charge >= 0.3 is 6.09 Å². The maximum Gasteiger partial charge on any atom is 0.417 e. The van der Waals surface area contributed by atoms with Gasteiger partial charge in [-0.05, 0) is 29.8 Å². The lowest BCUT2D eigenvalue weighted by Gasteiger charge is -2.17. The number of alkyl halides is 1. The summed E-state index contributed by atoms with van der Waals surface area (Å²) in [6.07, 6.45) is -0.643. The van der Waals surface area contributed by atoms with Gasteiger partial charge in [0.2, 0.25) is 0 Å². The predicted octanol–water partition coefficient (Wildman–Crippen LogP) is 3.56. The maximum atomic E-state index is 14.8. The molecule has 2 aromatic carbocycles. The number of carbonyl (C=O) groups excluding carboxylic acids is 1. The minimum absolute atomic E-state index is 0.0340. The lowest BCUT2D eigenvalue weighted by Crippen LogP contribution is -2.32. The van der Waals surface area contributed by atoms with Crippen molar-refractivity contribution in [3.05, 3.63) is 60.2 Å². The van der Waals surface area contributed by atoms with Crippen LogP contribution in [-0.4, -0.2) is 25.6 Å². The standard InChI is InChI=1S/C17H16FNO3/c1-21-15-9-7-14(8-10-15)19-12-17(18,22-16(19)20)11-13-5-3-2-4-6-13/h2-10H,11-12H2,1H3/i18-1. The van der Waals surface area contributed by atoms with Crippen molar-refractivity contribution in [3.8, 4) is 5.75 Å². The molecule has 1 atom stereocenters. The second kappa shape index (κ2) is 5.67. The molecule has 1 aliphatic rings. The van der Waals surface area contributed by atoms with E-state index in [1.54, 1.807) is 31.4 Å². The van der Waals surface area contributed by atoms with E-state index in [-0.39, 0.29) is 13.0 Å². The van der Waals surface area contributed by atoms with Gasteiger partial charge in [-0.3, -0.25) is 4.90 Å². The highest BCUT2D eigenvalue weighted by Crippen LogP contribution is 2.32. The van der Waals surface area contributed by atoms with Crippen LogP contribution in [0.5, 0.6) is 5.75 Å². The molecule has 0 N–H and O–H groups in total. The SMILES string of the molecule is COc1ccc(N2CC([18F])(Cc3ccccc3)OC2=O)cc1. The summed E-state index contributed by atoms with van der Waals surface area (Å²) in [5.41, 5.74) is 1.37. The first-order chi connectivity index (χ1) is 10.6. The number of hydrogen-bond acceptors (Lipinski definition) is 3. The Morgan fingerprint density at radius 2 is 1.86 bits per heavy atom. The number of benzene rings is 2. The second-order valence-corrected chi connectivity index (χ2v) is 5.20. The van der Waals surface area contributed by atoms with Gasteiger partial charge in [0.25, 0.3) is 5.85 Å². The summed E-state index contributed by atoms with van der Waals surface area (Å²) in [6, 6.07) is 16.0. The number of hydrogen-bond donors (Lipinski definition) is 0. The van der Waals surface area contributed by atoms with E-state index in [0.717, 1.165) is 5.56 Å². The molecule has 1 unspecified atom stereocenters. The third kappa shape index (κ3) is 2.88. The van der Waals surface area contributed by atoms with E-state index in [1.165, 1.54) is 4.90 Å². The summed E-state index contributed by atoms with van der Waals surface area (Å²) < 4.78 is 24.9. The molecule has 0 radical (unpaired) electrons. The molecule has 0 spiro atoms. The molecule has 1 aliphatic heterocycles. The monoisotopic (exact) mass is 300 g/mol. The van der Waals surface area contributed by atoms with E-state index >= 15 is 0 Å². The van der Waals surface area contributed by atoms with Crippen molar-refractivity contribution in [1.29, 1.82) is 0 Å². The summed E-state index contributed by atoms with van der Waals surface area (Å²) >= 11 is 0. The van der Waals surface area contributed by atoms with E-state index in [4.69, 9.17) is 9.47 Å². The van der Waals surface area contributed by atoms with E-state index in [1.807, 2.05) is 30.3 Å². The quantitative estimate of drug-likeness (QED) is 0.866. The maximum absolute atomic E-state index is 14.8. The van der Waals surface area contributed by atoms with E-state index in [0.29, 0.717) is 11.4 Å². The van der Waals surface area contributed by atoms with Crippen molar-refractivity contribution in [1.82, 2.24) is 0 Å². The third-order valence-electron chi connectivity index (χ3n) is 3.58. The highest BCUT2D eigenvalue weighted by atomic mass is 18.2. The molecule has 1 amide bonds. The van der Waals surface area contributed by atoms with Gasteiger partial charge in [0.1, 0.15) is 5.75 Å². The van der Waals surface area contributed by atoms with Gasteiger partial charge in [-0.25, -0.2) is 4.79 Å². The summed E-state index contributed by atoms with van der Waals surface area (Å²) in [6.45, 7) is -0.132. The van der Waals surface area contributed by atoms with Crippen LogP contribution in [0.3, 0.4) is 0 Å². The summed E-state index contributed by atoms with van der Waals surface area (Å²) in [5.74, 6) is -1.34. The number of rotatable bonds is 4. The highest BCUT2D eigenvalue weighted by molar-refractivity contribution is 5.90. The van der Waals surface area contributed by atoms with Crippen LogP contribution in [0.1, 0.15) is 5.56 Å². The number of ether oxygens (including phenoxy) is 2. The fourth-order valence-corrected chi connectivity index (χ4v) is 2.50. The van der Waals surface area contributed by atoms with Crippen molar-refractivity contribution < 1.29 is 18.7 Å².